The van der Waals surface area contributed by atoms with E-state index in [0.29, 0.717) is 5.57 Å². The molecule has 2 heteroatoms. The maximum absolute atomic E-state index is 10.8. The summed E-state index contributed by atoms with van der Waals surface area (Å²) in [4.78, 5) is 10.8. The van der Waals surface area contributed by atoms with Crippen LogP contribution in [0, 0.1) is 0 Å². The fourth-order valence-electron chi connectivity index (χ4n) is 0.367. The summed E-state index contributed by atoms with van der Waals surface area (Å²) in [5.74, 6) is -0.297. The van der Waals surface area contributed by atoms with E-state index in [1.165, 1.54) is 0 Å². The number of ether oxygens (including phenoxy) is 1. The van der Waals surface area contributed by atoms with E-state index in [1.807, 2.05) is 13.8 Å². The highest BCUT2D eigenvalue weighted by Crippen LogP contribution is 2.00. The summed E-state index contributed by atoms with van der Waals surface area (Å²) < 4.78 is 4.92. The fourth-order valence-corrected chi connectivity index (χ4v) is 0.367. The molecule has 0 N–H and O–H groups in total. The maximum Gasteiger partial charge on any atom is 0.333 e. The summed E-state index contributed by atoms with van der Waals surface area (Å²) in [6.07, 6.45) is 0.850. The van der Waals surface area contributed by atoms with Gasteiger partial charge < -0.3 is 4.74 Å². The van der Waals surface area contributed by atoms with Crippen molar-refractivity contribution in [1.82, 2.24) is 0 Å². The van der Waals surface area contributed by atoms with E-state index in [9.17, 15) is 4.79 Å². The van der Waals surface area contributed by atoms with Gasteiger partial charge in [0.15, 0.2) is 0 Å². The summed E-state index contributed by atoms with van der Waals surface area (Å²) in [7, 11) is 0. The van der Waals surface area contributed by atoms with Gasteiger partial charge in [-0.05, 0) is 20.3 Å². The van der Waals surface area contributed by atoms with Gasteiger partial charge in [0, 0.05) is 5.57 Å². The predicted molar refractivity (Wildman–Crippen MR) is 40.7 cm³/mol. The van der Waals surface area contributed by atoms with Crippen LogP contribution >= 0.6 is 0 Å². The Hall–Kier alpha value is -0.790. The first-order valence-corrected chi connectivity index (χ1v) is 3.44. The van der Waals surface area contributed by atoms with Gasteiger partial charge >= 0.3 is 5.97 Å². The van der Waals surface area contributed by atoms with Crippen LogP contribution in [-0.4, -0.2) is 12.1 Å². The summed E-state index contributed by atoms with van der Waals surface area (Å²) >= 11 is 0. The van der Waals surface area contributed by atoms with Crippen LogP contribution in [-0.2, 0) is 9.53 Å². The van der Waals surface area contributed by atoms with E-state index >= 15 is 0 Å². The van der Waals surface area contributed by atoms with Gasteiger partial charge in [-0.3, -0.25) is 0 Å². The average Bonchev–Trinajstić information content (AvgIpc) is 1.87. The molecule has 0 aliphatic carbocycles. The van der Waals surface area contributed by atoms with Gasteiger partial charge in [0.25, 0.3) is 0 Å². The maximum atomic E-state index is 10.8. The second-order valence-corrected chi connectivity index (χ2v) is 2.40. The molecule has 0 aromatic carbocycles. The largest absolute Gasteiger partial charge is 0.459 e. The molecule has 0 aliphatic rings. The zero-order valence-corrected chi connectivity index (χ0v) is 6.81. The molecule has 0 aromatic heterocycles. The minimum atomic E-state index is -0.297. The van der Waals surface area contributed by atoms with Crippen molar-refractivity contribution in [3.8, 4) is 0 Å². The highest BCUT2D eigenvalue weighted by molar-refractivity contribution is 5.87. The third-order valence-corrected chi connectivity index (χ3v) is 1.23. The van der Waals surface area contributed by atoms with E-state index in [2.05, 4.69) is 6.58 Å². The van der Waals surface area contributed by atoms with E-state index < -0.39 is 0 Å². The normalized spacial score (nSPS) is 12.3. The molecule has 0 bridgehead atoms. The Morgan fingerprint density at radius 2 is 2.20 bits per heavy atom. The van der Waals surface area contributed by atoms with Gasteiger partial charge in [-0.15, -0.1) is 0 Å². The molecule has 1 atom stereocenters. The molecule has 0 unspecified atom stereocenters. The second kappa shape index (κ2) is 4.09. The lowest BCUT2D eigenvalue weighted by Crippen LogP contribution is -2.13. The number of carbonyl (C=O) groups excluding carboxylic acids is 1. The van der Waals surface area contributed by atoms with E-state index in [1.54, 1.807) is 6.92 Å². The van der Waals surface area contributed by atoms with Crippen molar-refractivity contribution in [2.75, 3.05) is 0 Å². The van der Waals surface area contributed by atoms with E-state index in [0.717, 1.165) is 6.42 Å². The third kappa shape index (κ3) is 3.28. The first kappa shape index (κ1) is 9.21. The summed E-state index contributed by atoms with van der Waals surface area (Å²) in [5, 5.41) is 0. The van der Waals surface area contributed by atoms with Crippen molar-refractivity contribution in [2.24, 2.45) is 0 Å². The molecular weight excluding hydrogens is 128 g/mol. The monoisotopic (exact) mass is 142 g/mol. The van der Waals surface area contributed by atoms with E-state index in [-0.39, 0.29) is 12.1 Å². The van der Waals surface area contributed by atoms with Crippen molar-refractivity contribution >= 4 is 5.97 Å². The molecule has 0 saturated heterocycles. The molecule has 0 rings (SSSR count). The molecule has 0 aromatic rings. The molecular formula is C8H14O2. The molecule has 0 spiro atoms. The lowest BCUT2D eigenvalue weighted by atomic mass is 10.3. The Kier molecular flexibility index (Phi) is 3.77. The summed E-state index contributed by atoms with van der Waals surface area (Å²) in [6, 6.07) is 0. The van der Waals surface area contributed by atoms with Crippen LogP contribution in [0.4, 0.5) is 0 Å². The van der Waals surface area contributed by atoms with Gasteiger partial charge in [0.1, 0.15) is 0 Å². The zero-order chi connectivity index (χ0) is 8.15. The Balaban J connectivity index is 3.68. The number of esters is 1. The Labute approximate surface area is 61.9 Å². The Morgan fingerprint density at radius 1 is 1.70 bits per heavy atom. The van der Waals surface area contributed by atoms with Crippen LogP contribution in [0.25, 0.3) is 0 Å². The predicted octanol–water partition coefficient (Wildman–Crippen LogP) is 1.90. The van der Waals surface area contributed by atoms with Crippen LogP contribution in [0.1, 0.15) is 27.2 Å². The van der Waals surface area contributed by atoms with Crippen LogP contribution in [0.3, 0.4) is 0 Å². The topological polar surface area (TPSA) is 26.3 Å². The highest BCUT2D eigenvalue weighted by atomic mass is 16.5. The summed E-state index contributed by atoms with van der Waals surface area (Å²) in [6.45, 7) is 8.94. The molecule has 0 aliphatic heterocycles. The van der Waals surface area contributed by atoms with Crippen molar-refractivity contribution in [3.63, 3.8) is 0 Å². The van der Waals surface area contributed by atoms with Gasteiger partial charge in [-0.1, -0.05) is 13.5 Å². The molecule has 0 radical (unpaired) electrons. The molecule has 10 heavy (non-hydrogen) atoms. The molecule has 0 saturated carbocycles. The van der Waals surface area contributed by atoms with Crippen LogP contribution in [0.15, 0.2) is 12.2 Å². The number of carbonyl (C=O) groups is 1. The third-order valence-electron chi connectivity index (χ3n) is 1.23. The zero-order valence-electron chi connectivity index (χ0n) is 6.81. The van der Waals surface area contributed by atoms with Gasteiger partial charge in [-0.2, -0.15) is 0 Å². The first-order valence-electron chi connectivity index (χ1n) is 3.44. The van der Waals surface area contributed by atoms with Gasteiger partial charge in [0.2, 0.25) is 0 Å². The van der Waals surface area contributed by atoms with Crippen molar-refractivity contribution in [3.05, 3.63) is 12.2 Å². The van der Waals surface area contributed by atoms with Crippen molar-refractivity contribution in [2.45, 2.75) is 33.3 Å². The molecule has 2 nitrogen and oxygen atoms in total. The number of rotatable bonds is 3. The minimum absolute atomic E-state index is 0.00389. The lowest BCUT2D eigenvalue weighted by Gasteiger charge is -2.09. The summed E-state index contributed by atoms with van der Waals surface area (Å²) in [5.41, 5.74) is 0.459. The number of hydrogen-bond acceptors (Lipinski definition) is 2. The Bertz CT molecular complexity index is 138. The smallest absolute Gasteiger partial charge is 0.333 e. The number of hydrogen-bond donors (Lipinski definition) is 0. The minimum Gasteiger partial charge on any atom is -0.459 e. The standard InChI is InChI=1S/C8H14O2/c1-5-7(4)10-8(9)6(2)3/h7H,2,5H2,1,3-4H3/t7-/m0/s1. The van der Waals surface area contributed by atoms with Crippen LogP contribution in [0.2, 0.25) is 0 Å². The van der Waals surface area contributed by atoms with Gasteiger partial charge in [-0.25, -0.2) is 4.79 Å². The lowest BCUT2D eigenvalue weighted by molar-refractivity contribution is -0.143. The van der Waals surface area contributed by atoms with E-state index in [4.69, 9.17) is 4.74 Å². The van der Waals surface area contributed by atoms with Crippen molar-refractivity contribution < 1.29 is 9.53 Å². The SMILES string of the molecule is C=C(C)C(=O)O[C@@H](C)CC. The van der Waals surface area contributed by atoms with Crippen LogP contribution < -0.4 is 0 Å². The average molecular weight is 142 g/mol. The van der Waals surface area contributed by atoms with Gasteiger partial charge in [0.05, 0.1) is 6.10 Å². The highest BCUT2D eigenvalue weighted by Gasteiger charge is 2.06. The Morgan fingerprint density at radius 3 is 2.50 bits per heavy atom. The van der Waals surface area contributed by atoms with Crippen molar-refractivity contribution in [1.29, 1.82) is 0 Å². The molecule has 0 fully saturated rings. The first-order chi connectivity index (χ1) is 4.57. The molecule has 58 valence electrons. The van der Waals surface area contributed by atoms with Crippen LogP contribution in [0.5, 0.6) is 0 Å². The fraction of sp³-hybridized carbons (Fsp3) is 0.625. The molecule has 0 heterocycles. The quantitative estimate of drug-likeness (QED) is 0.444. The second-order valence-electron chi connectivity index (χ2n) is 2.40. The molecule has 0 amide bonds.